The fourth-order valence-corrected chi connectivity index (χ4v) is 8.01. The summed E-state index contributed by atoms with van der Waals surface area (Å²) >= 11 is 0. The van der Waals surface area contributed by atoms with E-state index in [1.807, 2.05) is 36.1 Å². The lowest BCUT2D eigenvalue weighted by atomic mass is 9.79. The number of rotatable bonds is 7. The number of ether oxygens (including phenoxy) is 1. The van der Waals surface area contributed by atoms with Gasteiger partial charge in [-0.05, 0) is 81.7 Å². The standard InChI is InChI=1S/C31H44N4O4/c1-18(32-2)29(36)34-28(19-8-4-3-5-9-19)31(38)35-17-21-14-20-15-23(20)24(21)16-26(35)30(37)33-25-12-13-39-27-11-7-6-10-22(25)27/h6-7,10-11,18-21,23-26,28,32H,3-5,8-9,12-17H2,1-2H3,(H,33,37)(H,34,36)/t18-,20?,21+,23?,24?,25+,26?,28-/m0/s1. The fraction of sp³-hybridized carbons (Fsp3) is 0.710. The Morgan fingerprint density at radius 1 is 0.974 bits per heavy atom. The molecule has 39 heavy (non-hydrogen) atoms. The number of hydrogen-bond donors (Lipinski definition) is 3. The smallest absolute Gasteiger partial charge is 0.246 e. The number of para-hydroxylation sites is 1. The van der Waals surface area contributed by atoms with Crippen LogP contribution >= 0.6 is 0 Å². The number of amides is 3. The van der Waals surface area contributed by atoms with Crippen LogP contribution in [0.3, 0.4) is 0 Å². The average Bonchev–Trinajstić information content (AvgIpc) is 3.65. The average molecular weight is 537 g/mol. The van der Waals surface area contributed by atoms with Gasteiger partial charge in [-0.25, -0.2) is 0 Å². The quantitative estimate of drug-likeness (QED) is 0.497. The van der Waals surface area contributed by atoms with Gasteiger partial charge in [0.05, 0.1) is 18.7 Å². The number of carbonyl (C=O) groups is 3. The molecular weight excluding hydrogens is 492 g/mol. The molecule has 0 aromatic heterocycles. The number of fused-ring (bicyclic) bond motifs is 4. The lowest BCUT2D eigenvalue weighted by Gasteiger charge is -2.45. The summed E-state index contributed by atoms with van der Waals surface area (Å²) in [4.78, 5) is 43.3. The third-order valence-corrected chi connectivity index (χ3v) is 10.4. The molecule has 0 spiro atoms. The van der Waals surface area contributed by atoms with Crippen LogP contribution in [0.15, 0.2) is 24.3 Å². The molecule has 6 rings (SSSR count). The Balaban J connectivity index is 1.25. The van der Waals surface area contributed by atoms with Crippen molar-refractivity contribution in [2.45, 2.75) is 88.9 Å². The molecule has 3 aliphatic carbocycles. The van der Waals surface area contributed by atoms with E-state index in [9.17, 15) is 14.4 Å². The van der Waals surface area contributed by atoms with Gasteiger partial charge in [0.2, 0.25) is 17.7 Å². The molecule has 3 N–H and O–H groups in total. The number of nitrogens with zero attached hydrogens (tertiary/aromatic N) is 1. The van der Waals surface area contributed by atoms with Crippen LogP contribution in [0.4, 0.5) is 0 Å². The summed E-state index contributed by atoms with van der Waals surface area (Å²) in [6.45, 7) is 3.00. The summed E-state index contributed by atoms with van der Waals surface area (Å²) < 4.78 is 5.82. The lowest BCUT2D eigenvalue weighted by Crippen LogP contribution is -2.62. The molecule has 212 valence electrons. The molecule has 2 heterocycles. The van der Waals surface area contributed by atoms with Crippen molar-refractivity contribution in [1.29, 1.82) is 0 Å². The highest BCUT2D eigenvalue weighted by Gasteiger charge is 2.57. The van der Waals surface area contributed by atoms with Crippen molar-refractivity contribution in [2.75, 3.05) is 20.2 Å². The first-order chi connectivity index (χ1) is 18.9. The molecule has 2 aliphatic heterocycles. The highest BCUT2D eigenvalue weighted by Crippen LogP contribution is 2.61. The minimum atomic E-state index is -0.583. The summed E-state index contributed by atoms with van der Waals surface area (Å²) in [7, 11) is 1.76. The van der Waals surface area contributed by atoms with E-state index in [0.29, 0.717) is 31.4 Å². The van der Waals surface area contributed by atoms with Crippen LogP contribution in [0, 0.1) is 29.6 Å². The number of benzene rings is 1. The summed E-state index contributed by atoms with van der Waals surface area (Å²) in [5.41, 5.74) is 1.00. The summed E-state index contributed by atoms with van der Waals surface area (Å²) in [5.74, 6) is 3.12. The van der Waals surface area contributed by atoms with Crippen LogP contribution in [0.1, 0.15) is 76.3 Å². The molecule has 1 aromatic rings. The van der Waals surface area contributed by atoms with Gasteiger partial charge >= 0.3 is 0 Å². The van der Waals surface area contributed by atoms with E-state index in [1.165, 1.54) is 12.8 Å². The lowest BCUT2D eigenvalue weighted by molar-refractivity contribution is -0.149. The molecule has 0 bridgehead atoms. The molecule has 8 heteroatoms. The number of hydrogen-bond acceptors (Lipinski definition) is 5. The van der Waals surface area contributed by atoms with E-state index >= 15 is 0 Å². The predicted molar refractivity (Wildman–Crippen MR) is 148 cm³/mol. The van der Waals surface area contributed by atoms with Crippen LogP contribution in [0.25, 0.3) is 0 Å². The summed E-state index contributed by atoms with van der Waals surface area (Å²) in [6.07, 6.45) is 9.08. The molecule has 8 nitrogen and oxygen atoms in total. The third-order valence-electron chi connectivity index (χ3n) is 10.4. The van der Waals surface area contributed by atoms with E-state index in [0.717, 1.165) is 61.7 Å². The predicted octanol–water partition coefficient (Wildman–Crippen LogP) is 3.17. The van der Waals surface area contributed by atoms with Crippen molar-refractivity contribution >= 4 is 17.7 Å². The largest absolute Gasteiger partial charge is 0.493 e. The summed E-state index contributed by atoms with van der Waals surface area (Å²) in [6, 6.07) is 6.29. The van der Waals surface area contributed by atoms with Gasteiger partial charge in [-0.1, -0.05) is 37.5 Å². The molecule has 0 radical (unpaired) electrons. The van der Waals surface area contributed by atoms with Gasteiger partial charge in [-0.15, -0.1) is 0 Å². The third kappa shape index (κ3) is 5.29. The highest BCUT2D eigenvalue weighted by molar-refractivity contribution is 5.93. The molecular formula is C31H44N4O4. The van der Waals surface area contributed by atoms with Gasteiger partial charge in [0.25, 0.3) is 0 Å². The van der Waals surface area contributed by atoms with Crippen molar-refractivity contribution in [3.05, 3.63) is 29.8 Å². The monoisotopic (exact) mass is 536 g/mol. The van der Waals surface area contributed by atoms with Gasteiger partial charge in [0.15, 0.2) is 0 Å². The van der Waals surface area contributed by atoms with Gasteiger partial charge in [-0.3, -0.25) is 14.4 Å². The van der Waals surface area contributed by atoms with Crippen LogP contribution < -0.4 is 20.7 Å². The van der Waals surface area contributed by atoms with Crippen LogP contribution in [0.2, 0.25) is 0 Å². The molecule has 3 amide bonds. The maximum atomic E-state index is 14.4. The topological polar surface area (TPSA) is 99.8 Å². The summed E-state index contributed by atoms with van der Waals surface area (Å²) in [5, 5.41) is 9.44. The zero-order chi connectivity index (χ0) is 27.1. The van der Waals surface area contributed by atoms with Gasteiger partial charge in [-0.2, -0.15) is 0 Å². The van der Waals surface area contributed by atoms with E-state index in [4.69, 9.17) is 4.74 Å². The number of likely N-dealkylation sites (N-methyl/N-ethyl adjacent to an activating group) is 1. The van der Waals surface area contributed by atoms with E-state index in [1.54, 1.807) is 7.05 Å². The van der Waals surface area contributed by atoms with Gasteiger partial charge in [0, 0.05) is 18.5 Å². The van der Waals surface area contributed by atoms with E-state index in [2.05, 4.69) is 16.0 Å². The minimum Gasteiger partial charge on any atom is -0.493 e. The molecule has 5 aliphatic rings. The SMILES string of the molecule is CN[C@@H](C)C(=O)N[C@H](C(=O)N1C[C@H]2CC3CC3C2CC1C(=O)N[C@@H]1CCOc2ccccc21)C1CCCCC1. The second-order valence-electron chi connectivity index (χ2n) is 12.7. The van der Waals surface area contributed by atoms with E-state index < -0.39 is 12.1 Å². The number of carbonyl (C=O) groups excluding carboxylic acids is 3. The second kappa shape index (κ2) is 11.1. The van der Waals surface area contributed by atoms with Crippen molar-refractivity contribution in [3.63, 3.8) is 0 Å². The number of likely N-dealkylation sites (tertiary alicyclic amines) is 1. The second-order valence-corrected chi connectivity index (χ2v) is 12.7. The first-order valence-electron chi connectivity index (χ1n) is 15.2. The highest BCUT2D eigenvalue weighted by atomic mass is 16.5. The Morgan fingerprint density at radius 2 is 1.74 bits per heavy atom. The van der Waals surface area contributed by atoms with Crippen LogP contribution in [-0.4, -0.2) is 60.9 Å². The maximum absolute atomic E-state index is 14.4. The Labute approximate surface area is 232 Å². The van der Waals surface area contributed by atoms with Crippen molar-refractivity contribution < 1.29 is 19.1 Å². The first-order valence-corrected chi connectivity index (χ1v) is 15.2. The molecule has 3 saturated carbocycles. The fourth-order valence-electron chi connectivity index (χ4n) is 8.01. The zero-order valence-corrected chi connectivity index (χ0v) is 23.4. The van der Waals surface area contributed by atoms with Crippen molar-refractivity contribution in [1.82, 2.24) is 20.9 Å². The molecule has 4 unspecified atom stereocenters. The number of piperidine rings is 1. The van der Waals surface area contributed by atoms with Crippen LogP contribution in [0.5, 0.6) is 5.75 Å². The Morgan fingerprint density at radius 3 is 2.54 bits per heavy atom. The van der Waals surface area contributed by atoms with Crippen molar-refractivity contribution in [3.8, 4) is 5.75 Å². The van der Waals surface area contributed by atoms with Gasteiger partial charge in [0.1, 0.15) is 17.8 Å². The maximum Gasteiger partial charge on any atom is 0.246 e. The normalized spacial score (nSPS) is 33.0. The Hall–Kier alpha value is -2.61. The molecule has 1 saturated heterocycles. The zero-order valence-electron chi connectivity index (χ0n) is 23.4. The Kier molecular flexibility index (Phi) is 7.58. The number of nitrogens with one attached hydrogen (secondary N) is 3. The minimum absolute atomic E-state index is 0.0647. The van der Waals surface area contributed by atoms with Crippen LogP contribution in [-0.2, 0) is 14.4 Å². The van der Waals surface area contributed by atoms with Gasteiger partial charge < -0.3 is 25.6 Å². The molecule has 8 atom stereocenters. The first kappa shape index (κ1) is 26.6. The van der Waals surface area contributed by atoms with E-state index in [-0.39, 0.29) is 35.7 Å². The van der Waals surface area contributed by atoms with Crippen molar-refractivity contribution in [2.24, 2.45) is 29.6 Å². The molecule has 4 fully saturated rings. The molecule has 1 aromatic carbocycles. The Bertz CT molecular complexity index is 1090.